The van der Waals surface area contributed by atoms with Gasteiger partial charge in [0.25, 0.3) is 0 Å². The van der Waals surface area contributed by atoms with Gasteiger partial charge in [-0.3, -0.25) is 4.90 Å². The van der Waals surface area contributed by atoms with Gasteiger partial charge >= 0.3 is 0 Å². The van der Waals surface area contributed by atoms with Crippen LogP contribution in [0.3, 0.4) is 0 Å². The molecule has 0 bridgehead atoms. The smallest absolute Gasteiger partial charge is 0.119 e. The molecule has 2 fully saturated rings. The van der Waals surface area contributed by atoms with Crippen LogP contribution in [0.4, 0.5) is 0 Å². The number of hydrogen-bond donors (Lipinski definition) is 1. The Morgan fingerprint density at radius 1 is 1.25 bits per heavy atom. The molecule has 0 radical (unpaired) electrons. The Morgan fingerprint density at radius 2 is 2.10 bits per heavy atom. The van der Waals surface area contributed by atoms with Crippen LogP contribution in [0.25, 0.3) is 0 Å². The molecule has 1 heterocycles. The number of piperidine rings is 1. The fourth-order valence-electron chi connectivity index (χ4n) is 4.17. The summed E-state index contributed by atoms with van der Waals surface area (Å²) in [7, 11) is 3.95. The van der Waals surface area contributed by atoms with Crippen molar-refractivity contribution in [3.8, 4) is 5.75 Å². The van der Waals surface area contributed by atoms with Gasteiger partial charge in [-0.15, -0.1) is 0 Å². The topological polar surface area (TPSA) is 32.7 Å². The van der Waals surface area contributed by atoms with Crippen LogP contribution in [-0.4, -0.2) is 36.8 Å². The number of aliphatic hydroxyl groups is 1. The minimum atomic E-state index is -0.0781. The van der Waals surface area contributed by atoms with E-state index in [-0.39, 0.29) is 6.10 Å². The number of methoxy groups -OCH3 is 1. The van der Waals surface area contributed by atoms with Crippen LogP contribution >= 0.6 is 0 Å². The molecule has 1 aliphatic carbocycles. The molecule has 1 aromatic carbocycles. The summed E-state index contributed by atoms with van der Waals surface area (Å²) in [6.07, 6.45) is 4.22. The van der Waals surface area contributed by atoms with Crippen molar-refractivity contribution >= 4 is 0 Å². The molecular formula is C17H25NO2. The fraction of sp³-hybridized carbons (Fsp3) is 0.647. The number of aliphatic hydroxyl groups excluding tert-OH is 1. The lowest BCUT2D eigenvalue weighted by atomic mass is 9.68. The maximum atomic E-state index is 9.92. The van der Waals surface area contributed by atoms with E-state index in [1.165, 1.54) is 12.0 Å². The summed E-state index contributed by atoms with van der Waals surface area (Å²) in [5, 5.41) is 9.92. The Balaban J connectivity index is 1.88. The third kappa shape index (κ3) is 2.57. The first-order valence-corrected chi connectivity index (χ1v) is 7.71. The molecule has 110 valence electrons. The molecular weight excluding hydrogens is 250 g/mol. The van der Waals surface area contributed by atoms with Gasteiger partial charge in [0, 0.05) is 6.04 Å². The SMILES string of the molecule is COc1cccc([C@@H]2C3CC[C@@H](O)C[C@@H]3CCN2C)c1. The van der Waals surface area contributed by atoms with E-state index >= 15 is 0 Å². The van der Waals surface area contributed by atoms with E-state index < -0.39 is 0 Å². The summed E-state index contributed by atoms with van der Waals surface area (Å²) in [6, 6.07) is 8.96. The predicted molar refractivity (Wildman–Crippen MR) is 79.8 cm³/mol. The van der Waals surface area contributed by atoms with Gasteiger partial charge in [0.2, 0.25) is 0 Å². The molecule has 1 aromatic rings. The van der Waals surface area contributed by atoms with Crippen molar-refractivity contribution in [3.05, 3.63) is 29.8 Å². The quantitative estimate of drug-likeness (QED) is 0.901. The third-order valence-electron chi connectivity index (χ3n) is 5.18. The molecule has 1 aliphatic heterocycles. The van der Waals surface area contributed by atoms with E-state index in [1.54, 1.807) is 7.11 Å². The van der Waals surface area contributed by atoms with Crippen LogP contribution < -0.4 is 4.74 Å². The lowest BCUT2D eigenvalue weighted by Gasteiger charge is -2.47. The second-order valence-electron chi connectivity index (χ2n) is 6.38. The zero-order chi connectivity index (χ0) is 14.1. The fourth-order valence-corrected chi connectivity index (χ4v) is 4.17. The Bertz CT molecular complexity index is 462. The van der Waals surface area contributed by atoms with Gasteiger partial charge in [-0.1, -0.05) is 12.1 Å². The molecule has 1 saturated heterocycles. The maximum Gasteiger partial charge on any atom is 0.119 e. The largest absolute Gasteiger partial charge is 0.497 e. The molecule has 1 saturated carbocycles. The van der Waals surface area contributed by atoms with E-state index in [2.05, 4.69) is 30.1 Å². The van der Waals surface area contributed by atoms with E-state index in [9.17, 15) is 5.11 Å². The monoisotopic (exact) mass is 275 g/mol. The summed E-state index contributed by atoms with van der Waals surface area (Å²) in [5.74, 6) is 2.28. The third-order valence-corrected chi connectivity index (χ3v) is 5.18. The van der Waals surface area contributed by atoms with Gasteiger partial charge < -0.3 is 9.84 Å². The van der Waals surface area contributed by atoms with Crippen LogP contribution in [0.2, 0.25) is 0 Å². The first kappa shape index (κ1) is 13.9. The lowest BCUT2D eigenvalue weighted by molar-refractivity contribution is -0.00883. The number of fused-ring (bicyclic) bond motifs is 1. The van der Waals surface area contributed by atoms with Crippen molar-refractivity contribution in [1.82, 2.24) is 4.90 Å². The molecule has 0 spiro atoms. The Morgan fingerprint density at radius 3 is 2.90 bits per heavy atom. The predicted octanol–water partition coefficient (Wildman–Crippen LogP) is 2.85. The van der Waals surface area contributed by atoms with Crippen molar-refractivity contribution in [2.45, 2.75) is 37.8 Å². The Kier molecular flexibility index (Phi) is 3.99. The van der Waals surface area contributed by atoms with E-state index in [4.69, 9.17) is 4.74 Å². The number of hydrogen-bond acceptors (Lipinski definition) is 3. The summed E-state index contributed by atoms with van der Waals surface area (Å²) in [6.45, 7) is 1.12. The molecule has 1 N–H and O–H groups in total. The van der Waals surface area contributed by atoms with Gasteiger partial charge in [0.05, 0.1) is 13.2 Å². The highest BCUT2D eigenvalue weighted by Gasteiger charge is 2.40. The van der Waals surface area contributed by atoms with Gasteiger partial charge in [-0.25, -0.2) is 0 Å². The van der Waals surface area contributed by atoms with Crippen LogP contribution in [0.1, 0.15) is 37.3 Å². The summed E-state index contributed by atoms with van der Waals surface area (Å²) >= 11 is 0. The van der Waals surface area contributed by atoms with Crippen LogP contribution in [0.5, 0.6) is 5.75 Å². The highest BCUT2D eigenvalue weighted by molar-refractivity contribution is 5.31. The van der Waals surface area contributed by atoms with Crippen LogP contribution in [0, 0.1) is 11.8 Å². The maximum absolute atomic E-state index is 9.92. The van der Waals surface area contributed by atoms with Crippen molar-refractivity contribution in [2.75, 3.05) is 20.7 Å². The zero-order valence-electron chi connectivity index (χ0n) is 12.5. The number of rotatable bonds is 2. The first-order valence-electron chi connectivity index (χ1n) is 7.71. The summed E-state index contributed by atoms with van der Waals surface area (Å²) < 4.78 is 5.38. The van der Waals surface area contributed by atoms with Gasteiger partial charge in [-0.2, -0.15) is 0 Å². The van der Waals surface area contributed by atoms with Gasteiger partial charge in [0.15, 0.2) is 0 Å². The average molecular weight is 275 g/mol. The van der Waals surface area contributed by atoms with Crippen molar-refractivity contribution < 1.29 is 9.84 Å². The van der Waals surface area contributed by atoms with Crippen molar-refractivity contribution in [2.24, 2.45) is 11.8 Å². The standard InChI is InChI=1S/C17H25NO2/c1-18-9-8-12-10-14(19)6-7-16(12)17(18)13-4-3-5-15(11-13)20-2/h3-5,11-12,14,16-17,19H,6-10H2,1-2H3/t12-,14+,16?,17+/m0/s1. The van der Waals surface area contributed by atoms with E-state index in [0.29, 0.717) is 17.9 Å². The van der Waals surface area contributed by atoms with Gasteiger partial charge in [0.1, 0.15) is 5.75 Å². The molecule has 3 rings (SSSR count). The molecule has 1 unspecified atom stereocenters. The van der Waals surface area contributed by atoms with Crippen molar-refractivity contribution in [3.63, 3.8) is 0 Å². The normalized spacial score (nSPS) is 34.5. The highest BCUT2D eigenvalue weighted by Crippen LogP contribution is 2.46. The second kappa shape index (κ2) is 5.74. The molecule has 0 amide bonds. The molecule has 0 aromatic heterocycles. The summed E-state index contributed by atoms with van der Waals surface area (Å²) in [4.78, 5) is 2.48. The van der Waals surface area contributed by atoms with E-state index in [1.807, 2.05) is 6.07 Å². The number of likely N-dealkylation sites (tertiary alicyclic amines) is 1. The molecule has 20 heavy (non-hydrogen) atoms. The number of nitrogens with zero attached hydrogens (tertiary/aromatic N) is 1. The molecule has 3 nitrogen and oxygen atoms in total. The molecule has 3 heteroatoms. The second-order valence-corrected chi connectivity index (χ2v) is 6.38. The van der Waals surface area contributed by atoms with Crippen molar-refractivity contribution in [1.29, 1.82) is 0 Å². The molecule has 4 atom stereocenters. The minimum absolute atomic E-state index is 0.0781. The minimum Gasteiger partial charge on any atom is -0.497 e. The average Bonchev–Trinajstić information content (AvgIpc) is 2.47. The first-order chi connectivity index (χ1) is 9.69. The Hall–Kier alpha value is -1.06. The van der Waals surface area contributed by atoms with Gasteiger partial charge in [-0.05, 0) is 68.8 Å². The number of ether oxygens (including phenoxy) is 1. The van der Waals surface area contributed by atoms with Crippen LogP contribution in [0.15, 0.2) is 24.3 Å². The number of benzene rings is 1. The zero-order valence-corrected chi connectivity index (χ0v) is 12.5. The van der Waals surface area contributed by atoms with E-state index in [0.717, 1.165) is 31.6 Å². The Labute approximate surface area is 121 Å². The molecule has 2 aliphatic rings. The lowest BCUT2D eigenvalue weighted by Crippen LogP contribution is -2.44. The summed E-state index contributed by atoms with van der Waals surface area (Å²) in [5.41, 5.74) is 1.36. The highest BCUT2D eigenvalue weighted by atomic mass is 16.5. The van der Waals surface area contributed by atoms with Crippen LogP contribution in [-0.2, 0) is 0 Å².